The van der Waals surface area contributed by atoms with Crippen LogP contribution in [0.1, 0.15) is 38.7 Å². The first-order chi connectivity index (χ1) is 7.13. The summed E-state index contributed by atoms with van der Waals surface area (Å²) in [5.41, 5.74) is 1.17. The van der Waals surface area contributed by atoms with Crippen LogP contribution < -0.4 is 5.32 Å². The van der Waals surface area contributed by atoms with Crippen LogP contribution in [0.5, 0.6) is 0 Å². The van der Waals surface area contributed by atoms with Crippen LogP contribution in [0.4, 0.5) is 0 Å². The Morgan fingerprint density at radius 2 is 2.33 bits per heavy atom. The molecule has 0 bridgehead atoms. The lowest BCUT2D eigenvalue weighted by molar-refractivity contribution is -0.121. The van der Waals surface area contributed by atoms with Crippen molar-refractivity contribution < 1.29 is 4.79 Å². The van der Waals surface area contributed by atoms with Gasteiger partial charge in [0.1, 0.15) is 6.54 Å². The Morgan fingerprint density at radius 3 is 2.87 bits per heavy atom. The van der Waals surface area contributed by atoms with Gasteiger partial charge in [-0.2, -0.15) is 5.10 Å². The van der Waals surface area contributed by atoms with Gasteiger partial charge in [-0.3, -0.25) is 9.48 Å². The molecule has 84 valence electrons. The largest absolute Gasteiger partial charge is 0.355 e. The van der Waals surface area contributed by atoms with E-state index in [2.05, 4.69) is 24.3 Å². The van der Waals surface area contributed by atoms with Gasteiger partial charge >= 0.3 is 0 Å². The molecule has 0 aromatic carbocycles. The van der Waals surface area contributed by atoms with Crippen LogP contribution in [-0.4, -0.2) is 22.2 Å². The van der Waals surface area contributed by atoms with Crippen molar-refractivity contribution in [3.05, 3.63) is 18.0 Å². The second-order valence-electron chi connectivity index (χ2n) is 3.98. The summed E-state index contributed by atoms with van der Waals surface area (Å²) in [4.78, 5) is 11.4. The number of hydrogen-bond donors (Lipinski definition) is 1. The summed E-state index contributed by atoms with van der Waals surface area (Å²) in [5, 5.41) is 6.96. The number of carbonyl (C=O) groups is 1. The van der Waals surface area contributed by atoms with Crippen LogP contribution in [0.15, 0.2) is 12.4 Å². The van der Waals surface area contributed by atoms with Crippen molar-refractivity contribution in [3.63, 3.8) is 0 Å². The average Bonchev–Trinajstić information content (AvgIpc) is 2.63. The van der Waals surface area contributed by atoms with E-state index in [1.807, 2.05) is 19.3 Å². The van der Waals surface area contributed by atoms with Crippen LogP contribution in [0.3, 0.4) is 0 Å². The van der Waals surface area contributed by atoms with E-state index in [9.17, 15) is 4.79 Å². The maximum Gasteiger partial charge on any atom is 0.241 e. The Kier molecular flexibility index (Phi) is 4.34. The van der Waals surface area contributed by atoms with Crippen molar-refractivity contribution >= 4 is 5.91 Å². The molecule has 0 aliphatic carbocycles. The Hall–Kier alpha value is -1.32. The maximum atomic E-state index is 11.4. The molecule has 0 aliphatic rings. The molecule has 0 aliphatic heterocycles. The smallest absolute Gasteiger partial charge is 0.241 e. The first kappa shape index (κ1) is 11.8. The number of nitrogens with zero attached hydrogens (tertiary/aromatic N) is 2. The molecule has 0 atom stereocenters. The fourth-order valence-corrected chi connectivity index (χ4v) is 1.23. The Labute approximate surface area is 90.7 Å². The molecule has 0 saturated carbocycles. The molecule has 15 heavy (non-hydrogen) atoms. The number of nitrogens with one attached hydrogen (secondary N) is 1. The third-order valence-electron chi connectivity index (χ3n) is 2.20. The Bertz CT molecular complexity index is 317. The quantitative estimate of drug-likeness (QED) is 0.799. The second kappa shape index (κ2) is 5.53. The highest BCUT2D eigenvalue weighted by Gasteiger charge is 2.05. The number of rotatable bonds is 5. The summed E-state index contributed by atoms with van der Waals surface area (Å²) in [5.74, 6) is 0.479. The molecule has 4 heteroatoms. The van der Waals surface area contributed by atoms with Crippen molar-refractivity contribution in [3.8, 4) is 0 Å². The van der Waals surface area contributed by atoms with E-state index in [1.54, 1.807) is 4.68 Å². The fourth-order valence-electron chi connectivity index (χ4n) is 1.23. The van der Waals surface area contributed by atoms with Crippen LogP contribution in [0.25, 0.3) is 0 Å². The lowest BCUT2D eigenvalue weighted by Gasteiger charge is -2.03. The van der Waals surface area contributed by atoms with E-state index in [1.165, 1.54) is 5.56 Å². The molecule has 0 unspecified atom stereocenters. The van der Waals surface area contributed by atoms with E-state index < -0.39 is 0 Å². The van der Waals surface area contributed by atoms with Gasteiger partial charge in [0, 0.05) is 12.7 Å². The predicted molar refractivity (Wildman–Crippen MR) is 59.6 cm³/mol. The van der Waals surface area contributed by atoms with E-state index in [4.69, 9.17) is 0 Å². The lowest BCUT2D eigenvalue weighted by Crippen LogP contribution is -2.28. The SMILES string of the molecule is CCCNC(=O)Cn1cc(C(C)C)cn1. The summed E-state index contributed by atoms with van der Waals surface area (Å²) < 4.78 is 1.68. The highest BCUT2D eigenvalue weighted by molar-refractivity contribution is 5.75. The molecule has 0 fully saturated rings. The van der Waals surface area contributed by atoms with Crippen molar-refractivity contribution in [2.75, 3.05) is 6.54 Å². The van der Waals surface area contributed by atoms with Gasteiger partial charge in [0.15, 0.2) is 0 Å². The van der Waals surface area contributed by atoms with Crippen LogP contribution >= 0.6 is 0 Å². The van der Waals surface area contributed by atoms with Gasteiger partial charge in [0.25, 0.3) is 0 Å². The molecule has 1 rings (SSSR count). The molecular weight excluding hydrogens is 190 g/mol. The molecular formula is C11H19N3O. The summed E-state index contributed by atoms with van der Waals surface area (Å²) in [6.45, 7) is 7.30. The van der Waals surface area contributed by atoms with Gasteiger partial charge in [-0.15, -0.1) is 0 Å². The summed E-state index contributed by atoms with van der Waals surface area (Å²) in [6.07, 6.45) is 4.70. The van der Waals surface area contributed by atoms with E-state index in [0.29, 0.717) is 12.5 Å². The normalized spacial score (nSPS) is 10.7. The molecule has 1 aromatic rings. The zero-order chi connectivity index (χ0) is 11.3. The number of hydrogen-bond acceptors (Lipinski definition) is 2. The van der Waals surface area contributed by atoms with Crippen molar-refractivity contribution in [1.29, 1.82) is 0 Å². The van der Waals surface area contributed by atoms with Crippen LogP contribution in [-0.2, 0) is 11.3 Å². The molecule has 1 amide bonds. The molecule has 1 N–H and O–H groups in total. The topological polar surface area (TPSA) is 46.9 Å². The fraction of sp³-hybridized carbons (Fsp3) is 0.636. The molecule has 4 nitrogen and oxygen atoms in total. The third-order valence-corrected chi connectivity index (χ3v) is 2.20. The van der Waals surface area contributed by atoms with E-state index in [-0.39, 0.29) is 5.91 Å². The van der Waals surface area contributed by atoms with Crippen LogP contribution in [0.2, 0.25) is 0 Å². The van der Waals surface area contributed by atoms with Gasteiger partial charge in [0.05, 0.1) is 6.20 Å². The van der Waals surface area contributed by atoms with Gasteiger partial charge < -0.3 is 5.32 Å². The monoisotopic (exact) mass is 209 g/mol. The summed E-state index contributed by atoms with van der Waals surface area (Å²) in [7, 11) is 0. The average molecular weight is 209 g/mol. The van der Waals surface area contributed by atoms with Gasteiger partial charge in [0.2, 0.25) is 5.91 Å². The molecule has 0 radical (unpaired) electrons. The number of aromatic nitrogens is 2. The first-order valence-electron chi connectivity index (χ1n) is 5.42. The van der Waals surface area contributed by atoms with Gasteiger partial charge in [-0.25, -0.2) is 0 Å². The highest BCUT2D eigenvalue weighted by Crippen LogP contribution is 2.11. The Morgan fingerprint density at radius 1 is 1.60 bits per heavy atom. The second-order valence-corrected chi connectivity index (χ2v) is 3.98. The van der Waals surface area contributed by atoms with Gasteiger partial charge in [-0.1, -0.05) is 20.8 Å². The standard InChI is InChI=1S/C11H19N3O/c1-4-5-12-11(15)8-14-7-10(6-13-14)9(2)3/h6-7,9H,4-5,8H2,1-3H3,(H,12,15). The van der Waals surface area contributed by atoms with E-state index in [0.717, 1.165) is 13.0 Å². The minimum Gasteiger partial charge on any atom is -0.355 e. The summed E-state index contributed by atoms with van der Waals surface area (Å²) in [6, 6.07) is 0. The van der Waals surface area contributed by atoms with E-state index >= 15 is 0 Å². The van der Waals surface area contributed by atoms with Crippen molar-refractivity contribution in [2.45, 2.75) is 39.7 Å². The Balaban J connectivity index is 2.46. The summed E-state index contributed by atoms with van der Waals surface area (Å²) >= 11 is 0. The minimum atomic E-state index is 0.0234. The number of amides is 1. The van der Waals surface area contributed by atoms with Crippen LogP contribution in [0, 0.1) is 0 Å². The minimum absolute atomic E-state index is 0.0234. The van der Waals surface area contributed by atoms with Crippen molar-refractivity contribution in [2.24, 2.45) is 0 Å². The first-order valence-corrected chi connectivity index (χ1v) is 5.42. The zero-order valence-electron chi connectivity index (χ0n) is 9.66. The zero-order valence-corrected chi connectivity index (χ0v) is 9.66. The third kappa shape index (κ3) is 3.73. The van der Waals surface area contributed by atoms with Crippen molar-refractivity contribution in [1.82, 2.24) is 15.1 Å². The highest BCUT2D eigenvalue weighted by atomic mass is 16.2. The molecule has 1 aromatic heterocycles. The number of carbonyl (C=O) groups excluding carboxylic acids is 1. The maximum absolute atomic E-state index is 11.4. The molecule has 0 spiro atoms. The predicted octanol–water partition coefficient (Wildman–Crippen LogP) is 1.53. The lowest BCUT2D eigenvalue weighted by atomic mass is 10.1. The molecule has 0 saturated heterocycles. The van der Waals surface area contributed by atoms with Gasteiger partial charge in [-0.05, 0) is 17.9 Å². The molecule has 1 heterocycles.